The molecule has 3 atom stereocenters. The summed E-state index contributed by atoms with van der Waals surface area (Å²) in [5.74, 6) is 0.806. The summed E-state index contributed by atoms with van der Waals surface area (Å²) in [6, 6.07) is 0.678. The van der Waals surface area contributed by atoms with E-state index in [1.54, 1.807) is 0 Å². The molecule has 1 saturated carbocycles. The third-order valence-corrected chi connectivity index (χ3v) is 4.93. The monoisotopic (exact) mass is 268 g/mol. The van der Waals surface area contributed by atoms with Gasteiger partial charge in [0.25, 0.3) is 0 Å². The topological polar surface area (TPSA) is 24.5 Å². The maximum Gasteiger partial charge on any atom is 0.0673 e. The molecular formula is C16H32N2O. The van der Waals surface area contributed by atoms with E-state index in [9.17, 15) is 0 Å². The van der Waals surface area contributed by atoms with Crippen LogP contribution >= 0.6 is 0 Å². The van der Waals surface area contributed by atoms with Crippen LogP contribution < -0.4 is 5.32 Å². The minimum absolute atomic E-state index is 0.398. The highest BCUT2D eigenvalue weighted by molar-refractivity contribution is 4.97. The van der Waals surface area contributed by atoms with E-state index < -0.39 is 0 Å². The van der Waals surface area contributed by atoms with E-state index in [1.165, 1.54) is 32.4 Å². The average Bonchev–Trinajstić information content (AvgIpc) is 2.52. The number of hydrogen-bond acceptors (Lipinski definition) is 3. The van der Waals surface area contributed by atoms with Gasteiger partial charge in [-0.1, -0.05) is 20.8 Å². The molecule has 3 heteroatoms. The van der Waals surface area contributed by atoms with E-state index in [4.69, 9.17) is 4.74 Å². The fourth-order valence-corrected chi connectivity index (χ4v) is 3.95. The van der Waals surface area contributed by atoms with Crippen LogP contribution in [-0.4, -0.2) is 49.8 Å². The largest absolute Gasteiger partial charge is 0.377 e. The quantitative estimate of drug-likeness (QED) is 0.848. The van der Waals surface area contributed by atoms with Gasteiger partial charge in [0.2, 0.25) is 0 Å². The zero-order chi connectivity index (χ0) is 13.9. The maximum absolute atomic E-state index is 5.76. The lowest BCUT2D eigenvalue weighted by atomic mass is 9.84. The minimum atomic E-state index is 0.398. The zero-order valence-electron chi connectivity index (χ0n) is 13.2. The fraction of sp³-hybridized carbons (Fsp3) is 1.00. The summed E-state index contributed by atoms with van der Waals surface area (Å²) < 4.78 is 5.76. The second-order valence-corrected chi connectivity index (χ2v) is 7.12. The van der Waals surface area contributed by atoms with Gasteiger partial charge in [-0.3, -0.25) is 0 Å². The molecule has 3 nitrogen and oxygen atoms in total. The van der Waals surface area contributed by atoms with Crippen molar-refractivity contribution in [3.8, 4) is 0 Å². The fourth-order valence-electron chi connectivity index (χ4n) is 3.95. The first kappa shape index (κ1) is 15.3. The van der Waals surface area contributed by atoms with Gasteiger partial charge in [0, 0.05) is 32.3 Å². The van der Waals surface area contributed by atoms with Crippen molar-refractivity contribution >= 4 is 0 Å². The first-order valence-electron chi connectivity index (χ1n) is 8.10. The predicted octanol–water partition coefficient (Wildman–Crippen LogP) is 2.51. The Hall–Kier alpha value is -0.120. The molecule has 2 fully saturated rings. The molecule has 1 aliphatic heterocycles. The van der Waals surface area contributed by atoms with E-state index in [2.05, 4.69) is 37.9 Å². The van der Waals surface area contributed by atoms with Gasteiger partial charge in [-0.2, -0.15) is 0 Å². The summed E-state index contributed by atoms with van der Waals surface area (Å²) in [7, 11) is 0. The summed E-state index contributed by atoms with van der Waals surface area (Å²) in [5, 5.41) is 3.74. The Bertz CT molecular complexity index is 280. The van der Waals surface area contributed by atoms with Gasteiger partial charge in [-0.15, -0.1) is 0 Å². The highest BCUT2D eigenvalue weighted by atomic mass is 16.5. The number of ether oxygens (including phenoxy) is 1. The Labute approximate surface area is 119 Å². The first-order valence-corrected chi connectivity index (χ1v) is 8.10. The van der Waals surface area contributed by atoms with Gasteiger partial charge in [0.05, 0.1) is 6.10 Å². The van der Waals surface area contributed by atoms with Crippen LogP contribution in [0.4, 0.5) is 0 Å². The van der Waals surface area contributed by atoms with Crippen LogP contribution in [0.1, 0.15) is 47.0 Å². The summed E-state index contributed by atoms with van der Waals surface area (Å²) >= 11 is 0. The first-order chi connectivity index (χ1) is 9.03. The van der Waals surface area contributed by atoms with E-state index in [0.29, 0.717) is 17.6 Å². The Morgan fingerprint density at radius 1 is 1.37 bits per heavy atom. The molecule has 3 unspecified atom stereocenters. The van der Waals surface area contributed by atoms with Gasteiger partial charge in [0.1, 0.15) is 0 Å². The molecule has 1 N–H and O–H groups in total. The molecular weight excluding hydrogens is 236 g/mol. The summed E-state index contributed by atoms with van der Waals surface area (Å²) in [6.07, 6.45) is 4.31. The molecule has 0 aromatic heterocycles. The minimum Gasteiger partial charge on any atom is -0.377 e. The van der Waals surface area contributed by atoms with Crippen molar-refractivity contribution in [3.05, 3.63) is 0 Å². The van der Waals surface area contributed by atoms with Gasteiger partial charge in [-0.25, -0.2) is 0 Å². The number of rotatable bonds is 4. The second-order valence-electron chi connectivity index (χ2n) is 7.12. The molecule has 112 valence electrons. The third kappa shape index (κ3) is 3.93. The molecule has 1 saturated heterocycles. The van der Waals surface area contributed by atoms with Crippen LogP contribution in [0.15, 0.2) is 0 Å². The normalized spacial score (nSPS) is 36.3. The van der Waals surface area contributed by atoms with E-state index in [0.717, 1.165) is 25.6 Å². The van der Waals surface area contributed by atoms with Crippen molar-refractivity contribution in [1.82, 2.24) is 10.2 Å². The number of nitrogens with one attached hydrogen (secondary N) is 1. The molecule has 19 heavy (non-hydrogen) atoms. The van der Waals surface area contributed by atoms with Crippen molar-refractivity contribution in [2.24, 2.45) is 11.3 Å². The number of nitrogens with zero attached hydrogens (tertiary/aromatic N) is 1. The average molecular weight is 268 g/mol. The summed E-state index contributed by atoms with van der Waals surface area (Å²) in [5.41, 5.74) is 0.453. The third-order valence-electron chi connectivity index (χ3n) is 4.93. The second kappa shape index (κ2) is 6.55. The van der Waals surface area contributed by atoms with E-state index in [1.807, 2.05) is 0 Å². The highest BCUT2D eigenvalue weighted by Crippen LogP contribution is 2.41. The Morgan fingerprint density at radius 3 is 2.89 bits per heavy atom. The van der Waals surface area contributed by atoms with Gasteiger partial charge < -0.3 is 15.0 Å². The maximum atomic E-state index is 5.76. The lowest BCUT2D eigenvalue weighted by molar-refractivity contribution is 0.0642. The lowest BCUT2D eigenvalue weighted by Gasteiger charge is -2.34. The molecule has 0 spiro atoms. The standard InChI is InChI=1S/C16H32N2O/c1-5-17-15-14(7-8-16(15,3)4)12-18-9-6-10-19-13(2)11-18/h13-15,17H,5-12H2,1-4H3. The van der Waals surface area contributed by atoms with Crippen LogP contribution in [0.5, 0.6) is 0 Å². The summed E-state index contributed by atoms with van der Waals surface area (Å²) in [6.45, 7) is 14.9. The van der Waals surface area contributed by atoms with Gasteiger partial charge in [0.15, 0.2) is 0 Å². The van der Waals surface area contributed by atoms with Crippen molar-refractivity contribution in [2.45, 2.75) is 59.1 Å². The lowest BCUT2D eigenvalue weighted by Crippen LogP contribution is -2.46. The highest BCUT2D eigenvalue weighted by Gasteiger charge is 2.41. The molecule has 2 aliphatic rings. The van der Waals surface area contributed by atoms with Crippen molar-refractivity contribution < 1.29 is 4.74 Å². The Morgan fingerprint density at radius 2 is 2.16 bits per heavy atom. The van der Waals surface area contributed by atoms with Crippen LogP contribution in [0.25, 0.3) is 0 Å². The van der Waals surface area contributed by atoms with Crippen molar-refractivity contribution in [3.63, 3.8) is 0 Å². The molecule has 1 aliphatic carbocycles. The Kier molecular flexibility index (Phi) is 5.27. The van der Waals surface area contributed by atoms with Crippen LogP contribution in [0, 0.1) is 11.3 Å². The van der Waals surface area contributed by atoms with Gasteiger partial charge in [-0.05, 0) is 44.1 Å². The van der Waals surface area contributed by atoms with Crippen LogP contribution in [-0.2, 0) is 4.74 Å². The van der Waals surface area contributed by atoms with Crippen molar-refractivity contribution in [1.29, 1.82) is 0 Å². The zero-order valence-corrected chi connectivity index (χ0v) is 13.2. The van der Waals surface area contributed by atoms with Crippen LogP contribution in [0.2, 0.25) is 0 Å². The van der Waals surface area contributed by atoms with Gasteiger partial charge >= 0.3 is 0 Å². The summed E-state index contributed by atoms with van der Waals surface area (Å²) in [4.78, 5) is 2.63. The molecule has 0 bridgehead atoms. The molecule has 0 aromatic rings. The number of hydrogen-bond donors (Lipinski definition) is 1. The van der Waals surface area contributed by atoms with E-state index >= 15 is 0 Å². The molecule has 1 heterocycles. The predicted molar refractivity (Wildman–Crippen MR) is 80.4 cm³/mol. The molecule has 0 aromatic carbocycles. The SMILES string of the molecule is CCNC1C(CN2CCCOC(C)C2)CCC1(C)C. The smallest absolute Gasteiger partial charge is 0.0673 e. The Balaban J connectivity index is 1.93. The van der Waals surface area contributed by atoms with Crippen LogP contribution in [0.3, 0.4) is 0 Å². The van der Waals surface area contributed by atoms with Crippen molar-refractivity contribution in [2.75, 3.05) is 32.8 Å². The molecule has 0 amide bonds. The van der Waals surface area contributed by atoms with E-state index in [-0.39, 0.29) is 0 Å². The molecule has 2 rings (SSSR count). The molecule has 0 radical (unpaired) electrons.